The van der Waals surface area contributed by atoms with Crippen molar-refractivity contribution in [3.63, 3.8) is 0 Å². The van der Waals surface area contributed by atoms with E-state index < -0.39 is 10.0 Å². The lowest BCUT2D eigenvalue weighted by atomic mass is 9.98. The standard InChI is InChI=1S/C15H21Br2NO2S/c1-3-12-5-4-7-18(8-6-12)21(19,20)15-10-13(16)11(2)9-14(15)17/h9-10,12H,3-8H2,1-2H3. The van der Waals surface area contributed by atoms with Crippen molar-refractivity contribution in [2.24, 2.45) is 5.92 Å². The van der Waals surface area contributed by atoms with Crippen LogP contribution in [0.15, 0.2) is 26.0 Å². The molecule has 1 aliphatic heterocycles. The Bertz CT molecular complexity index is 616. The van der Waals surface area contributed by atoms with E-state index in [1.54, 1.807) is 10.4 Å². The number of rotatable bonds is 3. The molecule has 1 heterocycles. The predicted molar refractivity (Wildman–Crippen MR) is 93.0 cm³/mol. The Morgan fingerprint density at radius 1 is 1.19 bits per heavy atom. The molecule has 6 heteroatoms. The van der Waals surface area contributed by atoms with Gasteiger partial charge in [-0.2, -0.15) is 4.31 Å². The normalized spacial score (nSPS) is 21.2. The number of nitrogens with zero attached hydrogens (tertiary/aromatic N) is 1. The van der Waals surface area contributed by atoms with Crippen LogP contribution in [-0.2, 0) is 10.0 Å². The summed E-state index contributed by atoms with van der Waals surface area (Å²) >= 11 is 6.83. The molecule has 0 spiro atoms. The third-order valence-electron chi connectivity index (χ3n) is 4.21. The van der Waals surface area contributed by atoms with E-state index in [0.717, 1.165) is 35.7 Å². The minimum atomic E-state index is -3.43. The van der Waals surface area contributed by atoms with E-state index in [9.17, 15) is 8.42 Å². The van der Waals surface area contributed by atoms with Gasteiger partial charge in [0.15, 0.2) is 0 Å². The Labute approximate surface area is 144 Å². The lowest BCUT2D eigenvalue weighted by Crippen LogP contribution is -2.32. The van der Waals surface area contributed by atoms with E-state index in [2.05, 4.69) is 38.8 Å². The molecular formula is C15H21Br2NO2S. The molecule has 2 rings (SSSR count). The SMILES string of the molecule is CCC1CCCN(S(=O)(=O)c2cc(Br)c(C)cc2Br)CC1. The summed E-state index contributed by atoms with van der Waals surface area (Å²) in [6.07, 6.45) is 4.16. The Balaban J connectivity index is 2.32. The summed E-state index contributed by atoms with van der Waals surface area (Å²) < 4.78 is 28.9. The average molecular weight is 439 g/mol. The molecule has 0 radical (unpaired) electrons. The van der Waals surface area contributed by atoms with Crippen molar-refractivity contribution in [1.29, 1.82) is 0 Å². The molecule has 0 amide bonds. The van der Waals surface area contributed by atoms with Gasteiger partial charge in [0, 0.05) is 22.0 Å². The fourth-order valence-corrected chi connectivity index (χ4v) is 5.88. The molecule has 1 aliphatic rings. The van der Waals surface area contributed by atoms with Crippen LogP contribution in [-0.4, -0.2) is 25.8 Å². The monoisotopic (exact) mass is 437 g/mol. The van der Waals surface area contributed by atoms with Crippen molar-refractivity contribution in [3.8, 4) is 0 Å². The average Bonchev–Trinajstić information content (AvgIpc) is 2.68. The third kappa shape index (κ3) is 3.89. The first-order chi connectivity index (χ1) is 9.86. The highest BCUT2D eigenvalue weighted by atomic mass is 79.9. The molecule has 1 aromatic carbocycles. The summed E-state index contributed by atoms with van der Waals surface area (Å²) in [7, 11) is -3.43. The number of halogens is 2. The Kier molecular flexibility index (Phi) is 5.91. The molecule has 0 aliphatic carbocycles. The van der Waals surface area contributed by atoms with Gasteiger partial charge in [-0.25, -0.2) is 8.42 Å². The van der Waals surface area contributed by atoms with E-state index in [1.807, 2.05) is 13.0 Å². The molecule has 3 nitrogen and oxygen atoms in total. The highest BCUT2D eigenvalue weighted by Crippen LogP contribution is 2.32. The quantitative estimate of drug-likeness (QED) is 0.684. The number of hydrogen-bond donors (Lipinski definition) is 0. The largest absolute Gasteiger partial charge is 0.244 e. The van der Waals surface area contributed by atoms with Crippen LogP contribution < -0.4 is 0 Å². The van der Waals surface area contributed by atoms with Gasteiger partial charge in [0.1, 0.15) is 0 Å². The minimum Gasteiger partial charge on any atom is -0.207 e. The van der Waals surface area contributed by atoms with E-state index in [-0.39, 0.29) is 0 Å². The molecule has 0 aromatic heterocycles. The summed E-state index contributed by atoms with van der Waals surface area (Å²) in [5.74, 6) is 0.651. The van der Waals surface area contributed by atoms with Crippen LogP contribution >= 0.6 is 31.9 Å². The van der Waals surface area contributed by atoms with Gasteiger partial charge >= 0.3 is 0 Å². The number of benzene rings is 1. The fourth-order valence-electron chi connectivity index (χ4n) is 2.75. The first kappa shape index (κ1) is 17.4. The van der Waals surface area contributed by atoms with Crippen molar-refractivity contribution in [2.75, 3.05) is 13.1 Å². The van der Waals surface area contributed by atoms with Crippen molar-refractivity contribution >= 4 is 41.9 Å². The molecule has 118 valence electrons. The zero-order valence-corrected chi connectivity index (χ0v) is 16.4. The molecule has 21 heavy (non-hydrogen) atoms. The van der Waals surface area contributed by atoms with Gasteiger partial charge < -0.3 is 0 Å². The maximum atomic E-state index is 12.9. The smallest absolute Gasteiger partial charge is 0.207 e. The first-order valence-electron chi connectivity index (χ1n) is 7.32. The maximum Gasteiger partial charge on any atom is 0.244 e. The molecule has 0 bridgehead atoms. The minimum absolute atomic E-state index is 0.356. The first-order valence-corrected chi connectivity index (χ1v) is 10.3. The van der Waals surface area contributed by atoms with Crippen molar-refractivity contribution < 1.29 is 8.42 Å². The molecule has 1 unspecified atom stereocenters. The van der Waals surface area contributed by atoms with E-state index >= 15 is 0 Å². The summed E-state index contributed by atoms with van der Waals surface area (Å²) in [6, 6.07) is 3.56. The Hall–Kier alpha value is 0.0900. The van der Waals surface area contributed by atoms with Crippen molar-refractivity contribution in [2.45, 2.75) is 44.4 Å². The van der Waals surface area contributed by atoms with Crippen LogP contribution in [0.5, 0.6) is 0 Å². The lowest BCUT2D eigenvalue weighted by molar-refractivity contribution is 0.407. The Morgan fingerprint density at radius 2 is 1.90 bits per heavy atom. The van der Waals surface area contributed by atoms with Gasteiger partial charge in [-0.15, -0.1) is 0 Å². The van der Waals surface area contributed by atoms with Gasteiger partial charge in [0.2, 0.25) is 10.0 Å². The molecular weight excluding hydrogens is 418 g/mol. The summed E-state index contributed by atoms with van der Waals surface area (Å²) in [5.41, 5.74) is 1.02. The van der Waals surface area contributed by atoms with E-state index in [0.29, 0.717) is 28.4 Å². The second-order valence-corrected chi connectivity index (χ2v) is 9.26. The summed E-state index contributed by atoms with van der Waals surface area (Å²) in [6.45, 7) is 5.38. The Morgan fingerprint density at radius 3 is 2.57 bits per heavy atom. The highest BCUT2D eigenvalue weighted by molar-refractivity contribution is 9.11. The lowest BCUT2D eigenvalue weighted by Gasteiger charge is -2.21. The zero-order chi connectivity index (χ0) is 15.6. The van der Waals surface area contributed by atoms with E-state index in [1.165, 1.54) is 0 Å². The second kappa shape index (κ2) is 7.11. The van der Waals surface area contributed by atoms with Gasteiger partial charge in [-0.3, -0.25) is 0 Å². The molecule has 1 atom stereocenters. The van der Waals surface area contributed by atoms with Crippen LogP contribution in [0.2, 0.25) is 0 Å². The molecule has 1 saturated heterocycles. The van der Waals surface area contributed by atoms with Crippen LogP contribution in [0.4, 0.5) is 0 Å². The third-order valence-corrected chi connectivity index (χ3v) is 7.93. The highest BCUT2D eigenvalue weighted by Gasteiger charge is 2.29. The van der Waals surface area contributed by atoms with Gasteiger partial charge in [0.25, 0.3) is 0 Å². The molecule has 0 N–H and O–H groups in total. The van der Waals surface area contributed by atoms with Crippen LogP contribution in [0.3, 0.4) is 0 Å². The maximum absolute atomic E-state index is 12.9. The molecule has 1 aromatic rings. The summed E-state index contributed by atoms with van der Waals surface area (Å²) in [4.78, 5) is 0.356. The number of hydrogen-bond acceptors (Lipinski definition) is 2. The fraction of sp³-hybridized carbons (Fsp3) is 0.600. The van der Waals surface area contributed by atoms with Crippen molar-refractivity contribution in [1.82, 2.24) is 4.31 Å². The van der Waals surface area contributed by atoms with Gasteiger partial charge in [-0.1, -0.05) is 29.3 Å². The van der Waals surface area contributed by atoms with Crippen LogP contribution in [0.25, 0.3) is 0 Å². The predicted octanol–water partition coefficient (Wildman–Crippen LogP) is 4.72. The topological polar surface area (TPSA) is 37.4 Å². The van der Waals surface area contributed by atoms with Crippen molar-refractivity contribution in [3.05, 3.63) is 26.6 Å². The summed E-state index contributed by atoms with van der Waals surface area (Å²) in [5, 5.41) is 0. The van der Waals surface area contributed by atoms with Crippen LogP contribution in [0, 0.1) is 12.8 Å². The zero-order valence-electron chi connectivity index (χ0n) is 12.4. The van der Waals surface area contributed by atoms with Gasteiger partial charge in [0.05, 0.1) is 4.90 Å². The molecule has 0 saturated carbocycles. The number of aryl methyl sites for hydroxylation is 1. The van der Waals surface area contributed by atoms with Crippen LogP contribution in [0.1, 0.15) is 38.2 Å². The molecule has 1 fully saturated rings. The van der Waals surface area contributed by atoms with E-state index in [4.69, 9.17) is 0 Å². The van der Waals surface area contributed by atoms with Gasteiger partial charge in [-0.05, 0) is 65.7 Å². The number of sulfonamides is 1. The second-order valence-electron chi connectivity index (χ2n) is 5.64.